The van der Waals surface area contributed by atoms with E-state index in [1.165, 1.54) is 0 Å². The van der Waals surface area contributed by atoms with Crippen LogP contribution in [0.15, 0.2) is 97.1 Å². The number of hydrogen-bond donors (Lipinski definition) is 1. The highest BCUT2D eigenvalue weighted by molar-refractivity contribution is 5.92. The summed E-state index contributed by atoms with van der Waals surface area (Å²) in [4.78, 5) is 46.4. The quantitative estimate of drug-likeness (QED) is 0.288. The molecule has 0 saturated carbocycles. The van der Waals surface area contributed by atoms with Crippen molar-refractivity contribution in [1.29, 1.82) is 0 Å². The molecule has 2 heterocycles. The molecule has 0 radical (unpaired) electrons. The van der Waals surface area contributed by atoms with Crippen molar-refractivity contribution in [3.8, 4) is 5.75 Å². The van der Waals surface area contributed by atoms with Crippen molar-refractivity contribution in [2.24, 2.45) is 0 Å². The van der Waals surface area contributed by atoms with Crippen molar-refractivity contribution in [2.45, 2.75) is 38.1 Å². The lowest BCUT2D eigenvalue weighted by molar-refractivity contribution is -0.167. The van der Waals surface area contributed by atoms with E-state index in [9.17, 15) is 14.4 Å². The summed E-state index contributed by atoms with van der Waals surface area (Å²) in [5, 5.41) is 5.21. The molecule has 0 spiro atoms. The molecule has 4 aromatic carbocycles. The zero-order valence-corrected chi connectivity index (χ0v) is 24.7. The first-order valence-corrected chi connectivity index (χ1v) is 14.9. The fraction of sp³-hybridized carbons (Fsp3) is 0.286. The number of urea groups is 1. The molecule has 2 fully saturated rings. The fourth-order valence-electron chi connectivity index (χ4n) is 6.14. The van der Waals surface area contributed by atoms with Gasteiger partial charge in [0.1, 0.15) is 18.0 Å². The van der Waals surface area contributed by atoms with Gasteiger partial charge in [0.05, 0.1) is 6.54 Å². The lowest BCUT2D eigenvalue weighted by Gasteiger charge is -2.52. The minimum absolute atomic E-state index is 0.107. The summed E-state index contributed by atoms with van der Waals surface area (Å²) in [6, 6.07) is 30.4. The standard InChI is InChI=1S/C35H36N4O5/c1-43-24-44-29-16-14-26(15-17-29)21-36-35(42)38-19-18-33(40)39-31(20-25-8-3-2-4-9-25)34(41)37(23-32(38)39)22-28-12-7-11-27-10-5-6-13-30(27)28/h2-17,31-32H,18-24H2,1H3,(H,36,42)/t31-,32+/m0/s1. The third kappa shape index (κ3) is 6.23. The van der Waals surface area contributed by atoms with Gasteiger partial charge in [-0.15, -0.1) is 0 Å². The largest absolute Gasteiger partial charge is 0.468 e. The number of amides is 4. The fourth-order valence-corrected chi connectivity index (χ4v) is 6.14. The van der Waals surface area contributed by atoms with E-state index in [-0.39, 0.29) is 44.1 Å². The van der Waals surface area contributed by atoms with E-state index >= 15 is 0 Å². The van der Waals surface area contributed by atoms with Crippen molar-refractivity contribution in [3.05, 3.63) is 114 Å². The average Bonchev–Trinajstić information content (AvgIpc) is 3.05. The number of carbonyl (C=O) groups excluding carboxylic acids is 3. The zero-order valence-electron chi connectivity index (χ0n) is 24.7. The summed E-state index contributed by atoms with van der Waals surface area (Å²) < 4.78 is 10.4. The van der Waals surface area contributed by atoms with E-state index in [4.69, 9.17) is 9.47 Å². The molecule has 2 saturated heterocycles. The third-order valence-electron chi connectivity index (χ3n) is 8.34. The maximum absolute atomic E-state index is 14.1. The molecule has 2 aliphatic heterocycles. The highest BCUT2D eigenvalue weighted by Crippen LogP contribution is 2.30. The number of fused-ring (bicyclic) bond motifs is 2. The molecule has 4 amide bonds. The Balaban J connectivity index is 1.25. The van der Waals surface area contributed by atoms with E-state index < -0.39 is 12.2 Å². The zero-order chi connectivity index (χ0) is 30.5. The van der Waals surface area contributed by atoms with E-state index in [0.717, 1.165) is 27.5 Å². The van der Waals surface area contributed by atoms with Crippen LogP contribution < -0.4 is 10.1 Å². The minimum atomic E-state index is -0.714. The van der Waals surface area contributed by atoms with Crippen LogP contribution in [0.25, 0.3) is 10.8 Å². The summed E-state index contributed by atoms with van der Waals surface area (Å²) in [6.07, 6.45) is -0.0411. The highest BCUT2D eigenvalue weighted by Gasteiger charge is 2.48. The number of rotatable bonds is 9. The molecular weight excluding hydrogens is 556 g/mol. The number of benzene rings is 4. The van der Waals surface area contributed by atoms with Crippen LogP contribution in [0.4, 0.5) is 4.79 Å². The maximum atomic E-state index is 14.1. The van der Waals surface area contributed by atoms with E-state index in [0.29, 0.717) is 25.3 Å². The molecule has 0 unspecified atom stereocenters. The lowest BCUT2D eigenvalue weighted by atomic mass is 9.96. The second-order valence-electron chi connectivity index (χ2n) is 11.1. The van der Waals surface area contributed by atoms with Gasteiger partial charge in [0.2, 0.25) is 11.8 Å². The van der Waals surface area contributed by atoms with Crippen LogP contribution in [-0.4, -0.2) is 71.7 Å². The van der Waals surface area contributed by atoms with Gasteiger partial charge in [-0.3, -0.25) is 9.59 Å². The molecule has 9 heteroatoms. The maximum Gasteiger partial charge on any atom is 0.319 e. The molecule has 226 valence electrons. The van der Waals surface area contributed by atoms with Gasteiger partial charge >= 0.3 is 6.03 Å². The van der Waals surface area contributed by atoms with Crippen LogP contribution in [0.1, 0.15) is 23.1 Å². The normalized spacial score (nSPS) is 18.3. The Kier molecular flexibility index (Phi) is 8.74. The topological polar surface area (TPSA) is 91.4 Å². The molecule has 6 rings (SSSR count). The molecular formula is C35H36N4O5. The van der Waals surface area contributed by atoms with Crippen LogP contribution in [0.2, 0.25) is 0 Å². The highest BCUT2D eigenvalue weighted by atomic mass is 16.7. The van der Waals surface area contributed by atoms with Gasteiger partial charge in [0, 0.05) is 39.6 Å². The van der Waals surface area contributed by atoms with Crippen LogP contribution in [0.5, 0.6) is 5.75 Å². The van der Waals surface area contributed by atoms with Crippen LogP contribution >= 0.6 is 0 Å². The molecule has 44 heavy (non-hydrogen) atoms. The molecule has 4 aromatic rings. The second-order valence-corrected chi connectivity index (χ2v) is 11.1. The molecule has 2 atom stereocenters. The first-order chi connectivity index (χ1) is 21.5. The Bertz CT molecular complexity index is 1620. The van der Waals surface area contributed by atoms with Gasteiger partial charge in [0.15, 0.2) is 6.79 Å². The third-order valence-corrected chi connectivity index (χ3v) is 8.34. The summed E-state index contributed by atoms with van der Waals surface area (Å²) in [5.41, 5.74) is 2.90. The minimum Gasteiger partial charge on any atom is -0.468 e. The summed E-state index contributed by atoms with van der Waals surface area (Å²) in [6.45, 7) is 1.37. The summed E-state index contributed by atoms with van der Waals surface area (Å²) >= 11 is 0. The number of ether oxygens (including phenoxy) is 2. The van der Waals surface area contributed by atoms with E-state index in [2.05, 4.69) is 23.5 Å². The van der Waals surface area contributed by atoms with Crippen molar-refractivity contribution < 1.29 is 23.9 Å². The van der Waals surface area contributed by atoms with Gasteiger partial charge in [-0.2, -0.15) is 0 Å². The monoisotopic (exact) mass is 592 g/mol. The van der Waals surface area contributed by atoms with Gasteiger partial charge in [-0.1, -0.05) is 84.9 Å². The van der Waals surface area contributed by atoms with Crippen LogP contribution in [0, 0.1) is 0 Å². The second kappa shape index (κ2) is 13.2. The van der Waals surface area contributed by atoms with Gasteiger partial charge in [-0.05, 0) is 39.6 Å². The van der Waals surface area contributed by atoms with Gasteiger partial charge in [0.25, 0.3) is 0 Å². The number of methoxy groups -OCH3 is 1. The number of hydrogen-bond acceptors (Lipinski definition) is 5. The van der Waals surface area contributed by atoms with Crippen molar-refractivity contribution >= 4 is 28.6 Å². The molecule has 0 aromatic heterocycles. The summed E-state index contributed by atoms with van der Waals surface area (Å²) in [5.74, 6) is 0.462. The molecule has 0 aliphatic carbocycles. The van der Waals surface area contributed by atoms with E-state index in [1.54, 1.807) is 16.9 Å². The Morgan fingerprint density at radius 2 is 1.64 bits per heavy atom. The molecule has 0 bridgehead atoms. The Hall–Kier alpha value is -4.89. The first kappa shape index (κ1) is 29.2. The number of carbonyl (C=O) groups is 3. The lowest BCUT2D eigenvalue weighted by Crippen LogP contribution is -2.72. The van der Waals surface area contributed by atoms with Crippen LogP contribution in [-0.2, 0) is 33.8 Å². The van der Waals surface area contributed by atoms with Gasteiger partial charge in [-0.25, -0.2) is 4.79 Å². The molecule has 9 nitrogen and oxygen atoms in total. The van der Waals surface area contributed by atoms with Gasteiger partial charge < -0.3 is 29.5 Å². The number of piperazine rings is 1. The molecule has 1 N–H and O–H groups in total. The van der Waals surface area contributed by atoms with Crippen molar-refractivity contribution in [3.63, 3.8) is 0 Å². The Morgan fingerprint density at radius 3 is 2.43 bits per heavy atom. The average molecular weight is 593 g/mol. The SMILES string of the molecule is COCOc1ccc(CNC(=O)N2CCC(=O)N3[C@@H]2CN(Cc2cccc4ccccc24)C(=O)[C@@H]3Cc2ccccc2)cc1. The van der Waals surface area contributed by atoms with Crippen molar-refractivity contribution in [2.75, 3.05) is 27.0 Å². The summed E-state index contributed by atoms with van der Waals surface area (Å²) in [7, 11) is 1.56. The predicted molar refractivity (Wildman–Crippen MR) is 166 cm³/mol. The molecule has 2 aliphatic rings. The number of nitrogens with one attached hydrogen (secondary N) is 1. The predicted octanol–water partition coefficient (Wildman–Crippen LogP) is 4.55. The Labute approximate surface area is 257 Å². The van der Waals surface area contributed by atoms with Crippen molar-refractivity contribution in [1.82, 2.24) is 20.0 Å². The Morgan fingerprint density at radius 1 is 0.886 bits per heavy atom. The van der Waals surface area contributed by atoms with E-state index in [1.807, 2.05) is 83.8 Å². The first-order valence-electron chi connectivity index (χ1n) is 14.9. The van der Waals surface area contributed by atoms with Crippen LogP contribution in [0.3, 0.4) is 0 Å². The number of nitrogens with zero attached hydrogens (tertiary/aromatic N) is 3. The smallest absolute Gasteiger partial charge is 0.319 e.